The Bertz CT molecular complexity index is 953. The summed E-state index contributed by atoms with van der Waals surface area (Å²) in [5.74, 6) is 0.0447. The molecule has 1 unspecified atom stereocenters. The van der Waals surface area contributed by atoms with Crippen LogP contribution in [0.3, 0.4) is 0 Å². The molecule has 1 heterocycles. The van der Waals surface area contributed by atoms with Crippen LogP contribution in [0.25, 0.3) is 10.8 Å². The molecule has 0 saturated carbocycles. The molecule has 0 radical (unpaired) electrons. The van der Waals surface area contributed by atoms with Crippen LogP contribution in [-0.2, 0) is 4.79 Å². The van der Waals surface area contributed by atoms with Crippen molar-refractivity contribution in [1.29, 1.82) is 0 Å². The highest BCUT2D eigenvalue weighted by atomic mass is 19.4. The number of rotatable bonds is 12. The van der Waals surface area contributed by atoms with Crippen molar-refractivity contribution in [3.63, 3.8) is 0 Å². The number of halogens is 3. The first kappa shape index (κ1) is 26.3. The van der Waals surface area contributed by atoms with Gasteiger partial charge in [-0.3, -0.25) is 10.2 Å². The topological polar surface area (TPSA) is 41.6 Å². The van der Waals surface area contributed by atoms with Crippen LogP contribution in [0, 0.1) is 5.41 Å². The lowest BCUT2D eigenvalue weighted by atomic mass is 9.93. The molecule has 1 N–H and O–H groups in total. The van der Waals surface area contributed by atoms with Gasteiger partial charge >= 0.3 is 6.18 Å². The van der Waals surface area contributed by atoms with Gasteiger partial charge in [-0.05, 0) is 37.3 Å². The zero-order valence-electron chi connectivity index (χ0n) is 20.5. The molecule has 4 nitrogen and oxygen atoms in total. The molecular formula is C27H37F3N2O2. The average molecular weight is 479 g/mol. The van der Waals surface area contributed by atoms with Crippen molar-refractivity contribution in [3.8, 4) is 5.75 Å². The molecule has 1 atom stereocenters. The SMILES string of the molecule is CCCCCCCCCCOc1cccc2cccc(C(N3CC(C)(C)C(=O)N3)C(F)(F)F)c12. The summed E-state index contributed by atoms with van der Waals surface area (Å²) in [6.45, 7) is 5.93. The molecular weight excluding hydrogens is 441 g/mol. The second-order valence-corrected chi connectivity index (χ2v) is 9.92. The van der Waals surface area contributed by atoms with Crippen molar-refractivity contribution >= 4 is 16.7 Å². The van der Waals surface area contributed by atoms with Gasteiger partial charge in [0.2, 0.25) is 5.91 Å². The maximum Gasteiger partial charge on any atom is 0.409 e. The van der Waals surface area contributed by atoms with Gasteiger partial charge in [0.15, 0.2) is 6.04 Å². The number of fused-ring (bicyclic) bond motifs is 1. The van der Waals surface area contributed by atoms with E-state index in [4.69, 9.17) is 4.74 Å². The molecule has 2 aromatic carbocycles. The largest absolute Gasteiger partial charge is 0.493 e. The van der Waals surface area contributed by atoms with Crippen molar-refractivity contribution in [2.75, 3.05) is 13.2 Å². The Morgan fingerprint density at radius 3 is 2.21 bits per heavy atom. The molecule has 0 spiro atoms. The smallest absolute Gasteiger partial charge is 0.409 e. The number of amides is 1. The number of carbonyl (C=O) groups excluding carboxylic acids is 1. The van der Waals surface area contributed by atoms with Crippen molar-refractivity contribution in [3.05, 3.63) is 42.0 Å². The van der Waals surface area contributed by atoms with Gasteiger partial charge in [-0.25, -0.2) is 5.01 Å². The predicted octanol–water partition coefficient (Wildman–Crippen LogP) is 7.34. The van der Waals surface area contributed by atoms with Crippen molar-refractivity contribution < 1.29 is 22.7 Å². The summed E-state index contributed by atoms with van der Waals surface area (Å²) in [6, 6.07) is 8.27. The van der Waals surface area contributed by atoms with Crippen LogP contribution in [0.2, 0.25) is 0 Å². The van der Waals surface area contributed by atoms with E-state index in [0.717, 1.165) is 24.3 Å². The molecule has 1 aliphatic heterocycles. The molecule has 1 amide bonds. The van der Waals surface area contributed by atoms with Gasteiger partial charge in [0, 0.05) is 11.9 Å². The number of carbonyl (C=O) groups is 1. The molecule has 0 aromatic heterocycles. The Balaban J connectivity index is 1.77. The van der Waals surface area contributed by atoms with E-state index in [1.54, 1.807) is 44.2 Å². The van der Waals surface area contributed by atoms with E-state index in [0.29, 0.717) is 23.1 Å². The van der Waals surface area contributed by atoms with Gasteiger partial charge in [0.25, 0.3) is 0 Å². The Hall–Kier alpha value is -2.28. The fourth-order valence-electron chi connectivity index (χ4n) is 4.60. The lowest BCUT2D eigenvalue weighted by Crippen LogP contribution is -2.43. The summed E-state index contributed by atoms with van der Waals surface area (Å²) >= 11 is 0. The predicted molar refractivity (Wildman–Crippen MR) is 129 cm³/mol. The van der Waals surface area contributed by atoms with E-state index in [-0.39, 0.29) is 12.1 Å². The molecule has 0 bridgehead atoms. The highest BCUT2D eigenvalue weighted by Crippen LogP contribution is 2.44. The van der Waals surface area contributed by atoms with Crippen molar-refractivity contribution in [2.45, 2.75) is 84.4 Å². The number of nitrogens with zero attached hydrogens (tertiary/aromatic N) is 1. The first-order valence-corrected chi connectivity index (χ1v) is 12.4. The fourth-order valence-corrected chi connectivity index (χ4v) is 4.60. The summed E-state index contributed by atoms with van der Waals surface area (Å²) in [5, 5.41) is 2.16. The maximum atomic E-state index is 14.4. The minimum Gasteiger partial charge on any atom is -0.493 e. The van der Waals surface area contributed by atoms with Crippen LogP contribution in [0.5, 0.6) is 5.75 Å². The third-order valence-electron chi connectivity index (χ3n) is 6.50. The summed E-state index contributed by atoms with van der Waals surface area (Å²) in [6.07, 6.45) is 4.74. The normalized spacial score (nSPS) is 17.2. The Kier molecular flexibility index (Phi) is 8.85. The van der Waals surface area contributed by atoms with Crippen LogP contribution >= 0.6 is 0 Å². The number of hydrazine groups is 1. The molecule has 1 saturated heterocycles. The highest BCUT2D eigenvalue weighted by Gasteiger charge is 2.51. The second-order valence-electron chi connectivity index (χ2n) is 9.92. The molecule has 188 valence electrons. The number of unbranched alkanes of at least 4 members (excludes halogenated alkanes) is 7. The number of hydrogen-bond acceptors (Lipinski definition) is 3. The molecule has 3 rings (SSSR count). The standard InChI is InChI=1S/C27H37F3N2O2/c1-4-5-6-7-8-9-10-11-18-34-22-17-13-15-20-14-12-16-21(23(20)22)24(27(28,29)30)32-19-26(2,3)25(33)31-32/h12-17,24H,4-11,18-19H2,1-3H3,(H,31,33). The number of hydrogen-bond donors (Lipinski definition) is 1. The van der Waals surface area contributed by atoms with Gasteiger partial charge in [-0.1, -0.05) is 82.2 Å². The molecule has 34 heavy (non-hydrogen) atoms. The molecule has 0 aliphatic carbocycles. The maximum absolute atomic E-state index is 14.4. The van der Waals surface area contributed by atoms with Gasteiger partial charge in [0.05, 0.1) is 12.0 Å². The lowest BCUT2D eigenvalue weighted by molar-refractivity contribution is -0.191. The van der Waals surface area contributed by atoms with Gasteiger partial charge in [0.1, 0.15) is 5.75 Å². The summed E-state index contributed by atoms with van der Waals surface area (Å²) in [5.41, 5.74) is 1.64. The van der Waals surface area contributed by atoms with Crippen molar-refractivity contribution in [1.82, 2.24) is 10.4 Å². The quantitative estimate of drug-likeness (QED) is 0.325. The highest BCUT2D eigenvalue weighted by molar-refractivity contribution is 5.92. The van der Waals surface area contributed by atoms with Gasteiger partial charge in [-0.15, -0.1) is 0 Å². The van der Waals surface area contributed by atoms with Gasteiger partial charge in [-0.2, -0.15) is 13.2 Å². The number of ether oxygens (including phenoxy) is 1. The molecule has 2 aromatic rings. The third kappa shape index (κ3) is 6.44. The van der Waals surface area contributed by atoms with E-state index in [2.05, 4.69) is 12.3 Å². The van der Waals surface area contributed by atoms with Crippen LogP contribution < -0.4 is 10.2 Å². The van der Waals surface area contributed by atoms with E-state index >= 15 is 0 Å². The fraction of sp³-hybridized carbons (Fsp3) is 0.593. The summed E-state index contributed by atoms with van der Waals surface area (Å²) in [4.78, 5) is 12.3. The zero-order valence-corrected chi connectivity index (χ0v) is 20.5. The minimum absolute atomic E-state index is 0.0340. The third-order valence-corrected chi connectivity index (χ3v) is 6.50. The number of alkyl halides is 3. The van der Waals surface area contributed by atoms with Crippen LogP contribution in [0.4, 0.5) is 13.2 Å². The Labute approximate surface area is 200 Å². The first-order chi connectivity index (χ1) is 16.1. The lowest BCUT2D eigenvalue weighted by Gasteiger charge is -2.31. The summed E-state index contributed by atoms with van der Waals surface area (Å²) < 4.78 is 49.1. The van der Waals surface area contributed by atoms with E-state index < -0.39 is 23.5 Å². The molecule has 1 aliphatic rings. The zero-order chi connectivity index (χ0) is 24.8. The van der Waals surface area contributed by atoms with Crippen molar-refractivity contribution in [2.24, 2.45) is 5.41 Å². The Morgan fingerprint density at radius 1 is 1.00 bits per heavy atom. The minimum atomic E-state index is -4.58. The van der Waals surface area contributed by atoms with Crippen LogP contribution in [0.1, 0.15) is 83.7 Å². The monoisotopic (exact) mass is 478 g/mol. The van der Waals surface area contributed by atoms with E-state index in [1.165, 1.54) is 38.2 Å². The Morgan fingerprint density at radius 2 is 1.62 bits per heavy atom. The molecule has 7 heteroatoms. The van der Waals surface area contributed by atoms with E-state index in [1.807, 2.05) is 0 Å². The van der Waals surface area contributed by atoms with Crippen LogP contribution in [-0.4, -0.2) is 30.2 Å². The van der Waals surface area contributed by atoms with Crippen LogP contribution in [0.15, 0.2) is 36.4 Å². The molecule has 1 fully saturated rings. The van der Waals surface area contributed by atoms with Gasteiger partial charge < -0.3 is 4.74 Å². The summed E-state index contributed by atoms with van der Waals surface area (Å²) in [7, 11) is 0. The second kappa shape index (κ2) is 11.4. The first-order valence-electron chi connectivity index (χ1n) is 12.4. The average Bonchev–Trinajstić information content (AvgIpc) is 3.03. The number of benzene rings is 2. The van der Waals surface area contributed by atoms with E-state index in [9.17, 15) is 18.0 Å². The number of nitrogens with one attached hydrogen (secondary N) is 1.